The number of hydrogen-bond acceptors (Lipinski definition) is 6. The molecular formula is C35H54N2O3SSi. The molecule has 0 bridgehead atoms. The van der Waals surface area contributed by atoms with Gasteiger partial charge in [-0.1, -0.05) is 34.6 Å². The van der Waals surface area contributed by atoms with Gasteiger partial charge in [-0.3, -0.25) is 0 Å². The molecule has 6 rings (SSSR count). The molecule has 4 saturated carbocycles. The number of methoxy groups -OCH3 is 2. The van der Waals surface area contributed by atoms with Crippen LogP contribution in [-0.2, 0) is 4.43 Å². The summed E-state index contributed by atoms with van der Waals surface area (Å²) < 4.78 is 18.3. The van der Waals surface area contributed by atoms with Gasteiger partial charge in [-0.25, -0.2) is 9.97 Å². The SMILES string of the molecule is COc1cc2ncnc(S[C@H]3CC[C@@]4(C)[C@@H](CC[C@@H]5[C@@H]4CC[C@]4(C)[C@@H](O[Si](C)(C)C(C)(C)C)CC[C@@H]54)C3)c2cc1OC. The number of ether oxygens (including phenoxy) is 2. The van der Waals surface area contributed by atoms with Gasteiger partial charge in [0.1, 0.15) is 11.4 Å². The van der Waals surface area contributed by atoms with Crippen LogP contribution in [0.2, 0.25) is 18.1 Å². The highest BCUT2D eigenvalue weighted by atomic mass is 32.2. The highest BCUT2D eigenvalue weighted by Gasteiger charge is 2.61. The molecule has 5 nitrogen and oxygen atoms in total. The minimum Gasteiger partial charge on any atom is -0.493 e. The number of rotatable bonds is 6. The van der Waals surface area contributed by atoms with Crippen LogP contribution >= 0.6 is 11.8 Å². The van der Waals surface area contributed by atoms with Crippen LogP contribution in [-0.4, -0.2) is 43.9 Å². The van der Waals surface area contributed by atoms with Gasteiger partial charge in [0.25, 0.3) is 0 Å². The van der Waals surface area contributed by atoms with E-state index in [2.05, 4.69) is 58.8 Å². The third-order valence-corrected chi connectivity index (χ3v) is 19.0. The number of benzene rings is 1. The third-order valence-electron chi connectivity index (χ3n) is 13.2. The lowest BCUT2D eigenvalue weighted by atomic mass is 9.45. The third kappa shape index (κ3) is 5.01. The second kappa shape index (κ2) is 10.9. The second-order valence-electron chi connectivity index (χ2n) is 16.1. The van der Waals surface area contributed by atoms with Crippen molar-refractivity contribution in [2.45, 2.75) is 127 Å². The van der Waals surface area contributed by atoms with Gasteiger partial charge in [0.15, 0.2) is 19.8 Å². The lowest BCUT2D eigenvalue weighted by Gasteiger charge is -2.61. The summed E-state index contributed by atoms with van der Waals surface area (Å²) in [6.07, 6.45) is 14.3. The molecule has 4 aliphatic rings. The van der Waals surface area contributed by atoms with Gasteiger partial charge >= 0.3 is 0 Å². The molecule has 0 N–H and O–H groups in total. The van der Waals surface area contributed by atoms with Gasteiger partial charge in [0.05, 0.1) is 25.8 Å². The summed E-state index contributed by atoms with van der Waals surface area (Å²) in [6, 6.07) is 4.03. The van der Waals surface area contributed by atoms with Crippen molar-refractivity contribution in [3.8, 4) is 11.5 Å². The zero-order valence-electron chi connectivity index (χ0n) is 27.6. The van der Waals surface area contributed by atoms with Crippen molar-refractivity contribution in [1.82, 2.24) is 9.97 Å². The first-order chi connectivity index (χ1) is 19.8. The molecule has 0 amide bonds. The fourth-order valence-electron chi connectivity index (χ4n) is 9.61. The fraction of sp³-hybridized carbons (Fsp3) is 0.771. The van der Waals surface area contributed by atoms with Crippen molar-refractivity contribution in [3.63, 3.8) is 0 Å². The van der Waals surface area contributed by atoms with E-state index in [1.807, 2.05) is 17.8 Å². The Morgan fingerprint density at radius 2 is 1.55 bits per heavy atom. The minimum absolute atomic E-state index is 0.276. The Bertz CT molecular complexity index is 1310. The molecule has 0 aliphatic heterocycles. The van der Waals surface area contributed by atoms with Crippen LogP contribution in [0.15, 0.2) is 23.5 Å². The van der Waals surface area contributed by atoms with Crippen LogP contribution in [0.25, 0.3) is 10.9 Å². The largest absolute Gasteiger partial charge is 0.493 e. The van der Waals surface area contributed by atoms with Crippen molar-refractivity contribution in [2.24, 2.45) is 34.5 Å². The van der Waals surface area contributed by atoms with Crippen LogP contribution < -0.4 is 9.47 Å². The number of thioether (sulfide) groups is 1. The van der Waals surface area contributed by atoms with E-state index in [0.717, 1.165) is 45.4 Å². The summed E-state index contributed by atoms with van der Waals surface area (Å²) in [6.45, 7) is 17.4. The van der Waals surface area contributed by atoms with Gasteiger partial charge in [-0.05, 0) is 116 Å². The van der Waals surface area contributed by atoms with Crippen molar-refractivity contribution in [2.75, 3.05) is 14.2 Å². The van der Waals surface area contributed by atoms with E-state index in [0.29, 0.717) is 27.9 Å². The van der Waals surface area contributed by atoms with Gasteiger partial charge in [0, 0.05) is 16.7 Å². The van der Waals surface area contributed by atoms with Gasteiger partial charge in [-0.15, -0.1) is 11.8 Å². The molecule has 1 aromatic heterocycles. The molecule has 232 valence electrons. The molecule has 0 spiro atoms. The van der Waals surface area contributed by atoms with Crippen molar-refractivity contribution in [1.29, 1.82) is 0 Å². The molecule has 1 heterocycles. The maximum absolute atomic E-state index is 7.19. The Labute approximate surface area is 259 Å². The summed E-state index contributed by atoms with van der Waals surface area (Å²) >= 11 is 1.97. The average Bonchev–Trinajstić information content (AvgIpc) is 3.27. The molecule has 4 aliphatic carbocycles. The summed E-state index contributed by atoms with van der Waals surface area (Å²) in [5.41, 5.74) is 1.76. The van der Waals surface area contributed by atoms with Gasteiger partial charge < -0.3 is 13.9 Å². The number of hydrogen-bond donors (Lipinski definition) is 0. The van der Waals surface area contributed by atoms with Gasteiger partial charge in [0.2, 0.25) is 0 Å². The molecule has 2 aromatic rings. The molecule has 0 saturated heterocycles. The zero-order valence-corrected chi connectivity index (χ0v) is 29.4. The standard InChI is InChI=1S/C35H54N2O3SSi/c1-33(2,3)42(8,9)40-31-13-12-26-24-11-10-22-18-23(14-16-34(22,4)27(24)15-17-35(26,31)5)41-32-25-19-29(38-6)30(39-7)20-28(25)36-21-37-32/h19-24,26-27,31H,10-18H2,1-9H3/t22-,23-,24-,26-,27-,31-,34-,35-/m0/s1. The predicted molar refractivity (Wildman–Crippen MR) is 176 cm³/mol. The van der Waals surface area contributed by atoms with E-state index < -0.39 is 8.32 Å². The summed E-state index contributed by atoms with van der Waals surface area (Å²) in [7, 11) is 1.60. The van der Waals surface area contributed by atoms with E-state index in [1.54, 1.807) is 20.5 Å². The van der Waals surface area contributed by atoms with E-state index in [4.69, 9.17) is 18.9 Å². The Morgan fingerprint density at radius 3 is 2.26 bits per heavy atom. The Morgan fingerprint density at radius 1 is 0.857 bits per heavy atom. The number of fused-ring (bicyclic) bond motifs is 6. The van der Waals surface area contributed by atoms with Crippen molar-refractivity contribution >= 4 is 31.0 Å². The van der Waals surface area contributed by atoms with Crippen molar-refractivity contribution < 1.29 is 13.9 Å². The predicted octanol–water partition coefficient (Wildman–Crippen LogP) is 9.54. The summed E-state index contributed by atoms with van der Waals surface area (Å²) in [5, 5.41) is 3.03. The monoisotopic (exact) mass is 610 g/mol. The van der Waals surface area contributed by atoms with E-state index in [9.17, 15) is 0 Å². The maximum Gasteiger partial charge on any atom is 0.192 e. The van der Waals surface area contributed by atoms with E-state index >= 15 is 0 Å². The molecule has 8 atom stereocenters. The summed E-state index contributed by atoms with van der Waals surface area (Å²) in [5.74, 6) is 4.88. The first-order valence-electron chi connectivity index (χ1n) is 16.5. The normalized spacial score (nSPS) is 36.7. The molecular weight excluding hydrogens is 557 g/mol. The summed E-state index contributed by atoms with van der Waals surface area (Å²) in [4.78, 5) is 9.30. The number of nitrogens with zero attached hydrogens (tertiary/aromatic N) is 2. The Balaban J connectivity index is 1.16. The van der Waals surface area contributed by atoms with E-state index in [-0.39, 0.29) is 5.04 Å². The fourth-order valence-corrected chi connectivity index (χ4v) is 12.3. The molecule has 0 radical (unpaired) electrons. The van der Waals surface area contributed by atoms with E-state index in [1.165, 1.54) is 57.8 Å². The highest BCUT2D eigenvalue weighted by Crippen LogP contribution is 2.67. The molecule has 4 fully saturated rings. The van der Waals surface area contributed by atoms with Crippen molar-refractivity contribution in [3.05, 3.63) is 18.5 Å². The average molecular weight is 611 g/mol. The Kier molecular flexibility index (Phi) is 8.00. The maximum atomic E-state index is 7.19. The Hall–Kier alpha value is -1.31. The van der Waals surface area contributed by atoms with Gasteiger partial charge in [-0.2, -0.15) is 0 Å². The lowest BCUT2D eigenvalue weighted by molar-refractivity contribution is -0.118. The first kappa shape index (κ1) is 30.7. The minimum atomic E-state index is -1.77. The second-order valence-corrected chi connectivity index (χ2v) is 22.1. The van der Waals surface area contributed by atoms with Crippen LogP contribution in [0.3, 0.4) is 0 Å². The van der Waals surface area contributed by atoms with Crippen LogP contribution in [0, 0.1) is 34.5 Å². The molecule has 42 heavy (non-hydrogen) atoms. The van der Waals surface area contributed by atoms with Crippen LogP contribution in [0.4, 0.5) is 0 Å². The van der Waals surface area contributed by atoms with Crippen LogP contribution in [0.1, 0.15) is 92.4 Å². The molecule has 7 heteroatoms. The zero-order chi connectivity index (χ0) is 30.1. The number of aromatic nitrogens is 2. The molecule has 0 unspecified atom stereocenters. The highest BCUT2D eigenvalue weighted by molar-refractivity contribution is 8.00. The topological polar surface area (TPSA) is 53.5 Å². The smallest absolute Gasteiger partial charge is 0.192 e. The first-order valence-corrected chi connectivity index (χ1v) is 20.3. The quantitative estimate of drug-likeness (QED) is 0.240. The lowest BCUT2D eigenvalue weighted by Crippen LogP contribution is -2.55. The molecule has 1 aromatic carbocycles. The van der Waals surface area contributed by atoms with Crippen LogP contribution in [0.5, 0.6) is 11.5 Å².